The quantitative estimate of drug-likeness (QED) is 0.499. The lowest BCUT2D eigenvalue weighted by Gasteiger charge is -2.42. The third-order valence-corrected chi connectivity index (χ3v) is 10.5. The van der Waals surface area contributed by atoms with Gasteiger partial charge >= 0.3 is 14.3 Å². The van der Waals surface area contributed by atoms with Gasteiger partial charge in [-0.3, -0.25) is 0 Å². The van der Waals surface area contributed by atoms with Gasteiger partial charge in [0.15, 0.2) is 11.5 Å². The number of benzene rings is 3. The first-order valence-corrected chi connectivity index (χ1v) is 12.3. The largest absolute Gasteiger partial charge is 0.506 e. The van der Waals surface area contributed by atoms with Crippen LogP contribution in [0.4, 0.5) is 0 Å². The maximum absolute atomic E-state index is 13.7. The minimum atomic E-state index is -3.03. The minimum absolute atomic E-state index is 0.327. The van der Waals surface area contributed by atoms with Crippen LogP contribution in [-0.4, -0.2) is 35.6 Å². The zero-order valence-electron chi connectivity index (χ0n) is 19.5. The second-order valence-electron chi connectivity index (χ2n) is 8.47. The van der Waals surface area contributed by atoms with E-state index in [1.807, 2.05) is 60.7 Å². The van der Waals surface area contributed by atoms with E-state index in [1.165, 1.54) is 21.3 Å². The summed E-state index contributed by atoms with van der Waals surface area (Å²) in [6, 6.07) is 23.3. The van der Waals surface area contributed by atoms with Gasteiger partial charge in [-0.15, -0.1) is 0 Å². The van der Waals surface area contributed by atoms with Gasteiger partial charge in [-0.1, -0.05) is 81.4 Å². The van der Waals surface area contributed by atoms with Crippen LogP contribution in [0.1, 0.15) is 31.1 Å². The Morgan fingerprint density at radius 3 is 1.50 bits per heavy atom. The van der Waals surface area contributed by atoms with E-state index in [2.05, 4.69) is 20.8 Å². The van der Waals surface area contributed by atoms with Gasteiger partial charge in [-0.2, -0.15) is 0 Å². The predicted molar refractivity (Wildman–Crippen MR) is 129 cm³/mol. The summed E-state index contributed by atoms with van der Waals surface area (Å²) >= 11 is 0. The molecule has 3 aromatic rings. The summed E-state index contributed by atoms with van der Waals surface area (Å²) < 4.78 is 22.8. The molecule has 0 aliphatic heterocycles. The lowest BCUT2D eigenvalue weighted by atomic mass is 10.2. The molecule has 0 atom stereocenters. The zero-order valence-corrected chi connectivity index (χ0v) is 20.5. The van der Waals surface area contributed by atoms with Crippen LogP contribution in [0.5, 0.6) is 17.2 Å². The molecule has 3 aromatic carbocycles. The number of hydrogen-bond acceptors (Lipinski definition) is 5. The Kier molecular flexibility index (Phi) is 6.94. The average Bonchev–Trinajstić information content (AvgIpc) is 2.81. The Labute approximate surface area is 191 Å². The summed E-state index contributed by atoms with van der Waals surface area (Å²) in [5, 5.41) is 1.73. The molecule has 0 heterocycles. The van der Waals surface area contributed by atoms with Crippen molar-refractivity contribution in [3.8, 4) is 17.2 Å². The number of ether oxygens (including phenoxy) is 3. The molecule has 0 radical (unpaired) electrons. The van der Waals surface area contributed by atoms with Crippen LogP contribution in [0, 0.1) is 0 Å². The molecule has 0 bridgehead atoms. The molecule has 0 aromatic heterocycles. The summed E-state index contributed by atoms with van der Waals surface area (Å²) in [5.41, 5.74) is 0.340. The van der Waals surface area contributed by atoms with E-state index in [1.54, 1.807) is 12.1 Å². The zero-order chi connectivity index (χ0) is 23.4. The van der Waals surface area contributed by atoms with Gasteiger partial charge in [-0.05, 0) is 27.5 Å². The fraction of sp³-hybridized carbons (Fsp3) is 0.269. The van der Waals surface area contributed by atoms with E-state index >= 15 is 0 Å². The van der Waals surface area contributed by atoms with E-state index < -0.39 is 14.3 Å². The van der Waals surface area contributed by atoms with Gasteiger partial charge in [0, 0.05) is 0 Å². The Morgan fingerprint density at radius 2 is 1.16 bits per heavy atom. The molecule has 0 amide bonds. The summed E-state index contributed by atoms with van der Waals surface area (Å²) in [5.74, 6) is 0.804. The van der Waals surface area contributed by atoms with Crippen molar-refractivity contribution in [2.45, 2.75) is 25.8 Å². The standard InChI is InChI=1S/C26H30O5Si/c1-26(2,3)32(20-13-9-7-10-14-20,21-15-11-8-12-16-21)31-25(27)19-17-22(28-4)24(30-6)23(18-19)29-5/h7-18H,1-6H3. The van der Waals surface area contributed by atoms with Gasteiger partial charge < -0.3 is 18.6 Å². The van der Waals surface area contributed by atoms with Gasteiger partial charge in [-0.25, -0.2) is 4.79 Å². The minimum Gasteiger partial charge on any atom is -0.506 e. The molecule has 6 heteroatoms. The smallest absolute Gasteiger partial charge is 0.325 e. The molecule has 0 fully saturated rings. The van der Waals surface area contributed by atoms with Crippen molar-refractivity contribution in [3.63, 3.8) is 0 Å². The Morgan fingerprint density at radius 1 is 0.719 bits per heavy atom. The molecular formula is C26H30O5Si. The summed E-state index contributed by atoms with van der Waals surface area (Å²) in [6.45, 7) is 6.38. The molecule has 0 spiro atoms. The molecule has 0 saturated carbocycles. The fourth-order valence-electron chi connectivity index (χ4n) is 4.05. The molecule has 0 N–H and O–H groups in total. The maximum Gasteiger partial charge on any atom is 0.325 e. The second-order valence-corrected chi connectivity index (χ2v) is 12.7. The lowest BCUT2D eigenvalue weighted by molar-refractivity contribution is 0.0718. The van der Waals surface area contributed by atoms with Crippen molar-refractivity contribution in [3.05, 3.63) is 78.4 Å². The van der Waals surface area contributed by atoms with Crippen LogP contribution in [0.15, 0.2) is 72.8 Å². The van der Waals surface area contributed by atoms with Crippen LogP contribution in [0.2, 0.25) is 5.04 Å². The van der Waals surface area contributed by atoms with Crippen molar-refractivity contribution in [1.82, 2.24) is 0 Å². The van der Waals surface area contributed by atoms with E-state index in [4.69, 9.17) is 18.6 Å². The third kappa shape index (κ3) is 4.23. The number of hydrogen-bond donors (Lipinski definition) is 0. The molecule has 168 valence electrons. The van der Waals surface area contributed by atoms with Crippen molar-refractivity contribution in [1.29, 1.82) is 0 Å². The topological polar surface area (TPSA) is 54.0 Å². The highest BCUT2D eigenvalue weighted by Gasteiger charge is 2.53. The SMILES string of the molecule is COc1cc(C(=O)O[Si](c2ccccc2)(c2ccccc2)C(C)(C)C)cc(OC)c1OC. The summed E-state index contributed by atoms with van der Waals surface area (Å²) in [4.78, 5) is 13.7. The Balaban J connectivity index is 2.19. The molecule has 0 unspecified atom stereocenters. The van der Waals surface area contributed by atoms with Crippen LogP contribution in [0.3, 0.4) is 0 Å². The van der Waals surface area contributed by atoms with E-state index in [9.17, 15) is 4.79 Å². The normalized spacial score (nSPS) is 11.6. The average molecular weight is 451 g/mol. The predicted octanol–water partition coefficient (Wildman–Crippen LogP) is 4.43. The third-order valence-electron chi connectivity index (χ3n) is 5.56. The molecular weight excluding hydrogens is 420 g/mol. The van der Waals surface area contributed by atoms with Crippen LogP contribution >= 0.6 is 0 Å². The molecule has 3 rings (SSSR count). The molecule has 0 aliphatic rings. The van der Waals surface area contributed by atoms with E-state index in [-0.39, 0.29) is 5.04 Å². The van der Waals surface area contributed by atoms with Crippen molar-refractivity contribution < 1.29 is 23.4 Å². The Hall–Kier alpha value is -3.25. The fourth-order valence-corrected chi connectivity index (χ4v) is 8.37. The molecule has 0 saturated heterocycles. The first kappa shape index (κ1) is 23.4. The highest BCUT2D eigenvalue weighted by Crippen LogP contribution is 2.40. The van der Waals surface area contributed by atoms with Crippen molar-refractivity contribution >= 4 is 24.7 Å². The van der Waals surface area contributed by atoms with E-state index in [0.717, 1.165) is 10.4 Å². The monoisotopic (exact) mass is 450 g/mol. The summed E-state index contributed by atoms with van der Waals surface area (Å²) in [6.07, 6.45) is 0. The van der Waals surface area contributed by atoms with E-state index in [0.29, 0.717) is 22.8 Å². The van der Waals surface area contributed by atoms with Crippen LogP contribution in [0.25, 0.3) is 0 Å². The van der Waals surface area contributed by atoms with Crippen molar-refractivity contribution in [2.75, 3.05) is 21.3 Å². The first-order valence-electron chi connectivity index (χ1n) is 10.4. The number of methoxy groups -OCH3 is 3. The highest BCUT2D eigenvalue weighted by molar-refractivity contribution is 7.00. The number of rotatable bonds is 7. The summed E-state index contributed by atoms with van der Waals surface area (Å²) in [7, 11) is 1.54. The Bertz CT molecular complexity index is 994. The lowest BCUT2D eigenvalue weighted by Crippen LogP contribution is -2.67. The number of carbonyl (C=O) groups excluding carboxylic acids is 1. The van der Waals surface area contributed by atoms with Gasteiger partial charge in [0.2, 0.25) is 5.75 Å². The highest BCUT2D eigenvalue weighted by atomic mass is 28.4. The molecule has 5 nitrogen and oxygen atoms in total. The van der Waals surface area contributed by atoms with Crippen LogP contribution in [-0.2, 0) is 4.43 Å². The van der Waals surface area contributed by atoms with Crippen molar-refractivity contribution in [2.24, 2.45) is 0 Å². The van der Waals surface area contributed by atoms with Crippen LogP contribution < -0.4 is 24.6 Å². The number of carbonyl (C=O) groups is 1. The first-order chi connectivity index (χ1) is 15.3. The van der Waals surface area contributed by atoms with Gasteiger partial charge in [0.25, 0.3) is 0 Å². The van der Waals surface area contributed by atoms with Gasteiger partial charge in [0.05, 0.1) is 26.9 Å². The molecule has 32 heavy (non-hydrogen) atoms. The maximum atomic E-state index is 13.7. The van der Waals surface area contributed by atoms with Gasteiger partial charge in [0.1, 0.15) is 0 Å². The molecule has 0 aliphatic carbocycles. The second kappa shape index (κ2) is 9.49.